The summed E-state index contributed by atoms with van der Waals surface area (Å²) in [5, 5.41) is 28.0. The lowest BCUT2D eigenvalue weighted by Gasteiger charge is -2.22. The first-order valence-electron chi connectivity index (χ1n) is 6.22. The summed E-state index contributed by atoms with van der Waals surface area (Å²) in [7, 11) is 0. The van der Waals surface area contributed by atoms with Gasteiger partial charge in [0.15, 0.2) is 0 Å². The molecule has 5 heteroatoms. The molecule has 3 nitrogen and oxygen atoms in total. The Morgan fingerprint density at radius 2 is 1.45 bits per heavy atom. The maximum atomic E-state index is 9.52. The molecule has 0 radical (unpaired) electrons. The lowest BCUT2D eigenvalue weighted by molar-refractivity contribution is 0.272. The summed E-state index contributed by atoms with van der Waals surface area (Å²) < 4.78 is 0. The normalized spacial score (nSPS) is 12.9. The van der Waals surface area contributed by atoms with Crippen LogP contribution in [-0.2, 0) is 19.8 Å². The molecule has 0 fully saturated rings. The van der Waals surface area contributed by atoms with Crippen LogP contribution in [0.5, 0.6) is 0 Å². The van der Waals surface area contributed by atoms with Gasteiger partial charge in [-0.1, -0.05) is 29.6 Å². The molecule has 3 N–H and O–H groups in total. The topological polar surface area (TPSA) is 60.7 Å². The van der Waals surface area contributed by atoms with Crippen LogP contribution in [0, 0.1) is 0 Å². The van der Waals surface area contributed by atoms with Gasteiger partial charge in [0.05, 0.1) is 19.8 Å². The molecule has 1 aliphatic rings. The Kier molecular flexibility index (Phi) is 4.05. The summed E-state index contributed by atoms with van der Waals surface area (Å²) in [4.78, 5) is 4.34. The third-order valence-corrected chi connectivity index (χ3v) is 5.79. The van der Waals surface area contributed by atoms with Gasteiger partial charge >= 0.3 is 0 Å². The average Bonchev–Trinajstić information content (AvgIpc) is 2.51. The van der Waals surface area contributed by atoms with Gasteiger partial charge < -0.3 is 15.3 Å². The van der Waals surface area contributed by atoms with Crippen LogP contribution < -0.4 is 0 Å². The van der Waals surface area contributed by atoms with Crippen molar-refractivity contribution in [3.8, 4) is 0 Å². The highest BCUT2D eigenvalue weighted by molar-refractivity contribution is 8.05. The maximum Gasteiger partial charge on any atom is 0.0693 e. The summed E-state index contributed by atoms with van der Waals surface area (Å²) >= 11 is 3.24. The molecule has 0 aromatic heterocycles. The van der Waals surface area contributed by atoms with Crippen LogP contribution in [0.2, 0.25) is 0 Å². The molecule has 1 heterocycles. The molecule has 0 amide bonds. The summed E-state index contributed by atoms with van der Waals surface area (Å²) in [6, 6.07) is 9.71. The zero-order valence-corrected chi connectivity index (χ0v) is 12.3. The van der Waals surface area contributed by atoms with Crippen molar-refractivity contribution in [1.82, 2.24) is 0 Å². The first-order chi connectivity index (χ1) is 9.75. The summed E-state index contributed by atoms with van der Waals surface area (Å²) in [6.07, 6.45) is 0. The van der Waals surface area contributed by atoms with Crippen molar-refractivity contribution in [3.05, 3.63) is 47.0 Å². The fourth-order valence-corrected chi connectivity index (χ4v) is 4.65. The molecule has 0 spiro atoms. The van der Waals surface area contributed by atoms with E-state index in [1.165, 1.54) is 0 Å². The molecule has 20 heavy (non-hydrogen) atoms. The average molecular weight is 306 g/mol. The van der Waals surface area contributed by atoms with Gasteiger partial charge in [0.2, 0.25) is 0 Å². The van der Waals surface area contributed by atoms with Crippen LogP contribution in [0.1, 0.15) is 16.7 Å². The lowest BCUT2D eigenvalue weighted by Crippen LogP contribution is -1.99. The van der Waals surface area contributed by atoms with Crippen LogP contribution >= 0.6 is 23.5 Å². The summed E-state index contributed by atoms with van der Waals surface area (Å²) in [5.74, 6) is 0. The van der Waals surface area contributed by atoms with Crippen LogP contribution in [0.25, 0.3) is 0 Å². The van der Waals surface area contributed by atoms with Gasteiger partial charge in [0, 0.05) is 19.6 Å². The van der Waals surface area contributed by atoms with Gasteiger partial charge in [-0.2, -0.15) is 0 Å². The molecule has 2 aromatic carbocycles. The molecule has 3 rings (SSSR count). The van der Waals surface area contributed by atoms with Crippen molar-refractivity contribution >= 4 is 23.5 Å². The Morgan fingerprint density at radius 1 is 0.700 bits per heavy atom. The van der Waals surface area contributed by atoms with Gasteiger partial charge in [-0.3, -0.25) is 0 Å². The largest absolute Gasteiger partial charge is 0.392 e. The first-order valence-corrected chi connectivity index (χ1v) is 7.85. The quantitative estimate of drug-likeness (QED) is 0.694. The molecular formula is C15H14O3S2. The predicted molar refractivity (Wildman–Crippen MR) is 78.9 cm³/mol. The minimum absolute atomic E-state index is 0.0260. The van der Waals surface area contributed by atoms with E-state index in [4.69, 9.17) is 0 Å². The number of aliphatic hydroxyl groups is 3. The Labute approximate surface area is 125 Å². The Hall–Kier alpha value is -0.980. The van der Waals surface area contributed by atoms with Gasteiger partial charge in [-0.25, -0.2) is 0 Å². The van der Waals surface area contributed by atoms with E-state index in [-0.39, 0.29) is 19.8 Å². The Morgan fingerprint density at radius 3 is 2.15 bits per heavy atom. The molecule has 2 aromatic rings. The van der Waals surface area contributed by atoms with Crippen LogP contribution in [0.3, 0.4) is 0 Å². The van der Waals surface area contributed by atoms with Crippen LogP contribution in [-0.4, -0.2) is 15.3 Å². The van der Waals surface area contributed by atoms with E-state index in [0.29, 0.717) is 0 Å². The molecule has 0 unspecified atom stereocenters. The Bertz CT molecular complexity index is 656. The van der Waals surface area contributed by atoms with E-state index in [9.17, 15) is 15.3 Å². The fourth-order valence-electron chi connectivity index (χ4n) is 2.17. The van der Waals surface area contributed by atoms with Crippen LogP contribution in [0.4, 0.5) is 0 Å². The number of aliphatic hydroxyl groups excluding tert-OH is 3. The highest BCUT2D eigenvalue weighted by atomic mass is 32.2. The molecule has 1 aliphatic heterocycles. The van der Waals surface area contributed by atoms with Crippen molar-refractivity contribution in [3.63, 3.8) is 0 Å². The minimum atomic E-state index is -0.0429. The first kappa shape index (κ1) is 14.0. The highest BCUT2D eigenvalue weighted by Crippen LogP contribution is 2.50. The van der Waals surface area contributed by atoms with Crippen molar-refractivity contribution < 1.29 is 15.3 Å². The van der Waals surface area contributed by atoms with Gasteiger partial charge in [0.1, 0.15) is 0 Å². The summed E-state index contributed by atoms with van der Waals surface area (Å²) in [6.45, 7) is -0.0394. The third-order valence-electron chi connectivity index (χ3n) is 3.17. The second-order valence-corrected chi connectivity index (χ2v) is 6.68. The highest BCUT2D eigenvalue weighted by Gasteiger charge is 2.20. The standard InChI is InChI=1S/C15H14O3S2/c16-6-9-1-2-12-13(4-9)20-15-11(8-18)3-10(7-17)5-14(15)19-12/h1-5,16-18H,6-8H2. The smallest absolute Gasteiger partial charge is 0.0693 e. The molecule has 0 saturated carbocycles. The van der Waals surface area contributed by atoms with Gasteiger partial charge in [-0.05, 0) is 41.0 Å². The molecule has 0 aliphatic carbocycles. The van der Waals surface area contributed by atoms with E-state index in [2.05, 4.69) is 0 Å². The lowest BCUT2D eigenvalue weighted by atomic mass is 10.1. The second-order valence-electron chi connectivity index (χ2n) is 4.54. The zero-order valence-electron chi connectivity index (χ0n) is 10.7. The van der Waals surface area contributed by atoms with E-state index >= 15 is 0 Å². The number of hydrogen-bond donors (Lipinski definition) is 3. The SMILES string of the molecule is OCc1ccc2c(c1)Sc1c(CO)cc(CO)cc1S2. The van der Waals surface area contributed by atoms with Gasteiger partial charge in [-0.15, -0.1) is 0 Å². The molecular weight excluding hydrogens is 292 g/mol. The molecule has 0 bridgehead atoms. The van der Waals surface area contributed by atoms with Crippen molar-refractivity contribution in [2.45, 2.75) is 39.4 Å². The minimum Gasteiger partial charge on any atom is -0.392 e. The van der Waals surface area contributed by atoms with E-state index < -0.39 is 0 Å². The van der Waals surface area contributed by atoms with E-state index in [0.717, 1.165) is 36.3 Å². The maximum absolute atomic E-state index is 9.52. The third kappa shape index (κ3) is 2.47. The molecule has 0 saturated heterocycles. The van der Waals surface area contributed by atoms with Crippen molar-refractivity contribution in [1.29, 1.82) is 0 Å². The predicted octanol–water partition coefficient (Wildman–Crippen LogP) is 2.78. The zero-order chi connectivity index (χ0) is 14.1. The number of hydrogen-bond acceptors (Lipinski definition) is 5. The summed E-state index contributed by atoms with van der Waals surface area (Å²) in [5.41, 5.74) is 2.54. The van der Waals surface area contributed by atoms with Gasteiger partial charge in [0.25, 0.3) is 0 Å². The second kappa shape index (κ2) is 5.79. The van der Waals surface area contributed by atoms with Crippen molar-refractivity contribution in [2.24, 2.45) is 0 Å². The van der Waals surface area contributed by atoms with Crippen molar-refractivity contribution in [2.75, 3.05) is 0 Å². The Balaban J connectivity index is 2.07. The number of rotatable bonds is 3. The van der Waals surface area contributed by atoms with E-state index in [1.807, 2.05) is 30.3 Å². The number of benzene rings is 2. The van der Waals surface area contributed by atoms with Crippen LogP contribution in [0.15, 0.2) is 49.9 Å². The monoisotopic (exact) mass is 306 g/mol. The number of fused-ring (bicyclic) bond motifs is 2. The van der Waals surface area contributed by atoms with E-state index in [1.54, 1.807) is 23.5 Å². The fraction of sp³-hybridized carbons (Fsp3) is 0.200. The molecule has 0 atom stereocenters. The molecule has 104 valence electrons.